The van der Waals surface area contributed by atoms with Crippen molar-refractivity contribution in [2.45, 2.75) is 38.8 Å². The monoisotopic (exact) mass is 367 g/mol. The van der Waals surface area contributed by atoms with Crippen molar-refractivity contribution in [3.05, 3.63) is 64.7 Å². The Bertz CT molecular complexity index is 824. The van der Waals surface area contributed by atoms with Gasteiger partial charge >= 0.3 is 0 Å². The highest BCUT2D eigenvalue weighted by Gasteiger charge is 2.36. The number of hydrogen-bond acceptors (Lipinski definition) is 4. The number of aliphatic hydroxyl groups excluding tert-OH is 1. The Labute approximate surface area is 159 Å². The average Bonchev–Trinajstić information content (AvgIpc) is 2.66. The van der Waals surface area contributed by atoms with Crippen molar-refractivity contribution in [1.29, 1.82) is 0 Å². The van der Waals surface area contributed by atoms with E-state index in [-0.39, 0.29) is 18.1 Å². The zero-order chi connectivity index (χ0) is 19.6. The number of Topliss-reactive ketones (excluding diaryl/α,β-unsaturated/α-hetero) is 1. The van der Waals surface area contributed by atoms with Gasteiger partial charge < -0.3 is 14.7 Å². The van der Waals surface area contributed by atoms with Crippen LogP contribution in [0.4, 0.5) is 0 Å². The minimum absolute atomic E-state index is 0.0667. The summed E-state index contributed by atoms with van der Waals surface area (Å²) in [5.41, 5.74) is 3.28. The lowest BCUT2D eigenvalue weighted by Gasteiger charge is -2.38. The van der Waals surface area contributed by atoms with Crippen LogP contribution >= 0.6 is 0 Å². The van der Waals surface area contributed by atoms with Crippen molar-refractivity contribution in [3.8, 4) is 5.75 Å². The molecule has 142 valence electrons. The number of aliphatic hydroxyl groups is 1. The normalized spacial score (nSPS) is 18.3. The number of methoxy groups -OCH3 is 1. The smallest absolute Gasteiger partial charge is 0.254 e. The predicted molar refractivity (Wildman–Crippen MR) is 103 cm³/mol. The van der Waals surface area contributed by atoms with E-state index in [9.17, 15) is 14.7 Å². The molecular formula is C22H25NO4. The molecule has 0 unspecified atom stereocenters. The number of hydrogen-bond donors (Lipinski definition) is 1. The predicted octanol–water partition coefficient (Wildman–Crippen LogP) is 3.22. The molecule has 0 bridgehead atoms. The molecule has 0 aromatic heterocycles. The first kappa shape index (κ1) is 19.1. The molecule has 1 N–H and O–H groups in total. The third-order valence-corrected chi connectivity index (χ3v) is 5.02. The molecule has 2 aromatic carbocycles. The van der Waals surface area contributed by atoms with Crippen LogP contribution in [0.1, 0.15) is 46.0 Å². The molecule has 1 aliphatic heterocycles. The van der Waals surface area contributed by atoms with Gasteiger partial charge in [-0.25, -0.2) is 0 Å². The van der Waals surface area contributed by atoms with Crippen molar-refractivity contribution in [1.82, 2.24) is 4.90 Å². The molecule has 1 amide bonds. The Morgan fingerprint density at radius 1 is 1.15 bits per heavy atom. The number of amides is 1. The lowest BCUT2D eigenvalue weighted by molar-refractivity contribution is -0.124. The van der Waals surface area contributed by atoms with Gasteiger partial charge in [-0.05, 0) is 43.7 Å². The van der Waals surface area contributed by atoms with E-state index < -0.39 is 12.1 Å². The van der Waals surface area contributed by atoms with E-state index in [0.717, 1.165) is 11.1 Å². The largest absolute Gasteiger partial charge is 0.497 e. The van der Waals surface area contributed by atoms with E-state index in [4.69, 9.17) is 4.74 Å². The van der Waals surface area contributed by atoms with E-state index in [2.05, 4.69) is 0 Å². The van der Waals surface area contributed by atoms with Crippen molar-refractivity contribution in [2.24, 2.45) is 0 Å². The Kier molecular flexibility index (Phi) is 5.61. The summed E-state index contributed by atoms with van der Waals surface area (Å²) < 4.78 is 5.15. The van der Waals surface area contributed by atoms with Gasteiger partial charge in [0.15, 0.2) is 0 Å². The quantitative estimate of drug-likeness (QED) is 0.901. The van der Waals surface area contributed by atoms with Crippen molar-refractivity contribution in [3.63, 3.8) is 0 Å². The van der Waals surface area contributed by atoms with Crippen LogP contribution in [0.5, 0.6) is 5.75 Å². The van der Waals surface area contributed by atoms with Crippen LogP contribution in [0.2, 0.25) is 0 Å². The Hall–Kier alpha value is -2.66. The summed E-state index contributed by atoms with van der Waals surface area (Å²) in [7, 11) is 1.58. The number of ketones is 1. The van der Waals surface area contributed by atoms with E-state index in [1.165, 1.54) is 0 Å². The number of benzene rings is 2. The number of aryl methyl sites for hydroxylation is 2. The lowest BCUT2D eigenvalue weighted by Crippen LogP contribution is -2.49. The molecule has 0 saturated carbocycles. The molecule has 0 aliphatic carbocycles. The van der Waals surface area contributed by atoms with Crippen LogP contribution < -0.4 is 4.74 Å². The molecule has 3 rings (SSSR count). The molecule has 2 aromatic rings. The summed E-state index contributed by atoms with van der Waals surface area (Å²) in [6, 6.07) is 12.2. The standard InChI is InChI=1S/C22H25NO4/c1-14-10-15(2)12-17(11-14)22(26)23-9-8-18(24)13-20(23)21(25)16-4-6-19(27-3)7-5-16/h4-7,10-12,20-21,25H,8-9,13H2,1-3H3/t20-,21+/m1/s1. The van der Waals surface area contributed by atoms with Gasteiger partial charge in [0.1, 0.15) is 11.5 Å². The number of nitrogens with zero attached hydrogens (tertiary/aromatic N) is 1. The highest BCUT2D eigenvalue weighted by Crippen LogP contribution is 2.30. The first-order chi connectivity index (χ1) is 12.9. The third kappa shape index (κ3) is 4.19. The fourth-order valence-electron chi connectivity index (χ4n) is 3.68. The second kappa shape index (κ2) is 7.92. The first-order valence-electron chi connectivity index (χ1n) is 9.12. The number of carbonyl (C=O) groups excluding carboxylic acids is 2. The second-order valence-electron chi connectivity index (χ2n) is 7.15. The molecule has 1 fully saturated rings. The summed E-state index contributed by atoms with van der Waals surface area (Å²) in [4.78, 5) is 26.8. The Balaban J connectivity index is 1.89. The second-order valence-corrected chi connectivity index (χ2v) is 7.15. The Morgan fingerprint density at radius 3 is 2.37 bits per heavy atom. The SMILES string of the molecule is COc1ccc([C@H](O)[C@H]2CC(=O)CCN2C(=O)c2cc(C)cc(C)c2)cc1. The minimum Gasteiger partial charge on any atom is -0.497 e. The van der Waals surface area contributed by atoms with Gasteiger partial charge in [0.25, 0.3) is 5.91 Å². The molecular weight excluding hydrogens is 342 g/mol. The number of ether oxygens (including phenoxy) is 1. The minimum atomic E-state index is -0.935. The molecule has 2 atom stereocenters. The summed E-state index contributed by atoms with van der Waals surface area (Å²) in [6.45, 7) is 4.23. The van der Waals surface area contributed by atoms with Gasteiger partial charge in [0.2, 0.25) is 0 Å². The summed E-state index contributed by atoms with van der Waals surface area (Å²) in [5.74, 6) is 0.609. The van der Waals surface area contributed by atoms with Gasteiger partial charge in [0.05, 0.1) is 19.3 Å². The van der Waals surface area contributed by atoms with Crippen molar-refractivity contribution < 1.29 is 19.4 Å². The van der Waals surface area contributed by atoms with Crippen LogP contribution in [-0.2, 0) is 4.79 Å². The zero-order valence-electron chi connectivity index (χ0n) is 15.9. The summed E-state index contributed by atoms with van der Waals surface area (Å²) >= 11 is 0. The van der Waals surface area contributed by atoms with Gasteiger partial charge in [-0.3, -0.25) is 9.59 Å². The maximum atomic E-state index is 13.1. The molecule has 1 heterocycles. The van der Waals surface area contributed by atoms with Gasteiger partial charge in [-0.1, -0.05) is 29.3 Å². The van der Waals surface area contributed by atoms with Gasteiger partial charge in [-0.2, -0.15) is 0 Å². The first-order valence-corrected chi connectivity index (χ1v) is 9.12. The number of rotatable bonds is 4. The van der Waals surface area contributed by atoms with Gasteiger partial charge in [-0.15, -0.1) is 0 Å². The molecule has 1 aliphatic rings. The Morgan fingerprint density at radius 2 is 1.78 bits per heavy atom. The van der Waals surface area contributed by atoms with Crippen LogP contribution in [0, 0.1) is 13.8 Å². The molecule has 27 heavy (non-hydrogen) atoms. The van der Waals surface area contributed by atoms with Crippen molar-refractivity contribution >= 4 is 11.7 Å². The fraction of sp³-hybridized carbons (Fsp3) is 0.364. The number of carbonyl (C=O) groups is 2. The van der Waals surface area contributed by atoms with E-state index in [1.807, 2.05) is 32.0 Å². The third-order valence-electron chi connectivity index (χ3n) is 5.02. The zero-order valence-corrected chi connectivity index (χ0v) is 15.9. The van der Waals surface area contributed by atoms with Crippen molar-refractivity contribution in [2.75, 3.05) is 13.7 Å². The van der Waals surface area contributed by atoms with E-state index in [1.54, 1.807) is 36.3 Å². The molecule has 5 nitrogen and oxygen atoms in total. The molecule has 0 spiro atoms. The summed E-state index contributed by atoms with van der Waals surface area (Å²) in [5, 5.41) is 10.9. The van der Waals surface area contributed by atoms with E-state index >= 15 is 0 Å². The lowest BCUT2D eigenvalue weighted by atomic mass is 9.91. The highest BCUT2D eigenvalue weighted by molar-refractivity contribution is 5.96. The molecule has 0 radical (unpaired) electrons. The van der Waals surface area contributed by atoms with Crippen LogP contribution in [0.3, 0.4) is 0 Å². The topological polar surface area (TPSA) is 66.8 Å². The van der Waals surface area contributed by atoms with Crippen LogP contribution in [-0.4, -0.2) is 41.4 Å². The summed E-state index contributed by atoms with van der Waals surface area (Å²) in [6.07, 6.45) is -0.457. The van der Waals surface area contributed by atoms with Crippen LogP contribution in [0.25, 0.3) is 0 Å². The maximum absolute atomic E-state index is 13.1. The number of likely N-dealkylation sites (tertiary alicyclic amines) is 1. The van der Waals surface area contributed by atoms with Gasteiger partial charge in [0, 0.05) is 24.9 Å². The average molecular weight is 367 g/mol. The number of piperidine rings is 1. The molecule has 1 saturated heterocycles. The molecule has 5 heteroatoms. The maximum Gasteiger partial charge on any atom is 0.254 e. The van der Waals surface area contributed by atoms with Crippen LogP contribution in [0.15, 0.2) is 42.5 Å². The highest BCUT2D eigenvalue weighted by atomic mass is 16.5. The fourth-order valence-corrected chi connectivity index (χ4v) is 3.68. The van der Waals surface area contributed by atoms with E-state index in [0.29, 0.717) is 29.8 Å².